The average Bonchev–Trinajstić information content (AvgIpc) is 1.61. The van der Waals surface area contributed by atoms with Crippen molar-refractivity contribution in [2.45, 2.75) is 19.6 Å². The molecule has 117 heavy (non-hydrogen) atoms. The zero-order valence-corrected chi connectivity index (χ0v) is 68.4. The van der Waals surface area contributed by atoms with Gasteiger partial charge in [0, 0.05) is 183 Å². The predicted octanol–water partition coefficient (Wildman–Crippen LogP) is 19.5. The maximum absolute atomic E-state index is 13.4. The van der Waals surface area contributed by atoms with Gasteiger partial charge < -0.3 is 18.3 Å². The molecule has 0 bridgehead atoms. The monoisotopic (exact) mass is 1690 g/mol. The average molecular weight is 1700 g/mol. The number of thiazole rings is 2. The lowest BCUT2D eigenvalue weighted by molar-refractivity contribution is 0.568. The second-order valence-corrected chi connectivity index (χ2v) is 37.5. The van der Waals surface area contributed by atoms with Crippen molar-refractivity contribution in [1.29, 1.82) is 0 Å². The van der Waals surface area contributed by atoms with Gasteiger partial charge in [0.1, 0.15) is 6.26 Å². The van der Waals surface area contributed by atoms with Gasteiger partial charge in [0.2, 0.25) is 5.89 Å². The predicted molar refractivity (Wildman–Crippen MR) is 461 cm³/mol. The van der Waals surface area contributed by atoms with Gasteiger partial charge in [-0.25, -0.2) is 74.5 Å². The molecule has 20 rings (SSSR count). The number of furan rings is 1. The molecule has 0 amide bonds. The second kappa shape index (κ2) is 31.9. The van der Waals surface area contributed by atoms with Crippen LogP contribution in [0.3, 0.4) is 0 Å². The second-order valence-electron chi connectivity index (χ2n) is 26.5. The fourth-order valence-corrected chi connectivity index (χ4v) is 21.3. The highest BCUT2D eigenvalue weighted by Crippen LogP contribution is 2.42. The number of fused-ring (bicyclic) bond motifs is 4. The minimum absolute atomic E-state index is 0.190. The molecule has 5 aromatic carbocycles. The zero-order chi connectivity index (χ0) is 80.6. The number of benzene rings is 5. The van der Waals surface area contributed by atoms with Crippen LogP contribution in [0.5, 0.6) is 0 Å². The topological polar surface area (TPSA) is 281 Å². The molecular formula is C86H63N13O10S8. The molecule has 0 saturated carbocycles. The van der Waals surface area contributed by atoms with Crippen molar-refractivity contribution >= 4 is 135 Å². The molecule has 0 aliphatic rings. The fourth-order valence-electron chi connectivity index (χ4n) is 13.2. The van der Waals surface area contributed by atoms with Gasteiger partial charge in [-0.2, -0.15) is 0 Å². The van der Waals surface area contributed by atoms with E-state index in [1.54, 1.807) is 223 Å². The van der Waals surface area contributed by atoms with Crippen LogP contribution in [0.4, 0.5) is 5.69 Å². The highest BCUT2D eigenvalue weighted by atomic mass is 32.2. The van der Waals surface area contributed by atoms with E-state index in [1.807, 2.05) is 127 Å². The normalized spacial score (nSPS) is 11.8. The van der Waals surface area contributed by atoms with Crippen molar-refractivity contribution in [3.63, 3.8) is 0 Å². The quantitative estimate of drug-likeness (QED) is 0.0818. The van der Waals surface area contributed by atoms with Crippen molar-refractivity contribution in [2.24, 2.45) is 7.05 Å². The van der Waals surface area contributed by atoms with Crippen LogP contribution >= 0.6 is 45.3 Å². The maximum atomic E-state index is 13.4. The Balaban J connectivity index is 0.000000112. The summed E-state index contributed by atoms with van der Waals surface area (Å²) in [5.74, 6) is 0.345. The lowest BCUT2D eigenvalue weighted by Crippen LogP contribution is -2.12. The van der Waals surface area contributed by atoms with Crippen molar-refractivity contribution in [3.05, 3.63) is 327 Å². The molecule has 0 saturated heterocycles. The van der Waals surface area contributed by atoms with E-state index in [4.69, 9.17) is 8.83 Å². The van der Waals surface area contributed by atoms with E-state index >= 15 is 0 Å². The summed E-state index contributed by atoms with van der Waals surface area (Å²) in [4.78, 5) is 37.5. The molecule has 580 valence electrons. The van der Waals surface area contributed by atoms with Gasteiger partial charge in [0.15, 0.2) is 22.6 Å². The molecule has 15 aromatic heterocycles. The van der Waals surface area contributed by atoms with Gasteiger partial charge in [-0.3, -0.25) is 9.97 Å². The smallest absolute Gasteiger partial charge is 0.269 e. The Morgan fingerprint density at radius 2 is 0.752 bits per heavy atom. The van der Waals surface area contributed by atoms with E-state index in [1.165, 1.54) is 57.2 Å². The maximum Gasteiger partial charge on any atom is 0.269 e. The van der Waals surface area contributed by atoms with Crippen molar-refractivity contribution in [2.75, 3.05) is 19.0 Å². The number of aromatic nitrogens is 12. The zero-order valence-electron chi connectivity index (χ0n) is 61.8. The van der Waals surface area contributed by atoms with Crippen LogP contribution in [0.15, 0.2) is 356 Å². The third-order valence-corrected chi connectivity index (χ3v) is 29.1. The van der Waals surface area contributed by atoms with Crippen LogP contribution in [0, 0.1) is 0 Å². The standard InChI is InChI=1S/C24H20N4O2S2.C22H17N3O3S.C20H13N3O3S2.C20H13N3O2S3/c1-27(2)19-10-8-17(9-11-19)18-12-21-22(23-14-25-16-31-23)15-28(24(21)26-13-18)32(29,30)20-6-4-3-5-7-20;1-24-9-7-16(13-24)18-11-20-21(17-8-10-28-15-17)14-25(22(20)23-12-18)29(26,27)19-5-3-2-4-6-19;24-28(25,15-5-2-1-3-6-15)23-13-17(20-21-8-9-26-20)16-11-14(12-22-19(16)23)18-7-4-10-27-18;24-28(25,15-5-2-1-3-6-15)23-12-17(19-11-21-13-27-19)16-9-14(10-22-20(16)23)18-7-4-8-26-18/h3-16H,1-2H3;2-15H,1H3;2*1-13H. The van der Waals surface area contributed by atoms with Crippen LogP contribution in [0.2, 0.25) is 0 Å². The lowest BCUT2D eigenvalue weighted by atomic mass is 10.0. The van der Waals surface area contributed by atoms with E-state index < -0.39 is 40.1 Å². The molecule has 0 unspecified atom stereocenters. The Kier molecular flexibility index (Phi) is 20.9. The van der Waals surface area contributed by atoms with Crippen LogP contribution in [-0.4, -0.2) is 103 Å². The molecule has 15 heterocycles. The third-order valence-electron chi connectivity index (χ3n) is 19.0. The van der Waals surface area contributed by atoms with Gasteiger partial charge in [-0.1, -0.05) is 97.1 Å². The van der Waals surface area contributed by atoms with Crippen molar-refractivity contribution in [3.8, 4) is 86.6 Å². The Bertz CT molecular complexity index is 7170. The molecule has 23 nitrogen and oxygen atoms in total. The summed E-state index contributed by atoms with van der Waals surface area (Å²) in [5, 5.41) is 6.95. The number of aryl methyl sites for hydroxylation is 1. The molecule has 0 N–H and O–H groups in total. The van der Waals surface area contributed by atoms with Crippen LogP contribution in [-0.2, 0) is 47.1 Å². The number of hydrogen-bond acceptors (Lipinski definition) is 22. The Morgan fingerprint density at radius 3 is 1.12 bits per heavy atom. The van der Waals surface area contributed by atoms with E-state index in [0.717, 1.165) is 97.0 Å². The van der Waals surface area contributed by atoms with Crippen molar-refractivity contribution < 1.29 is 42.5 Å². The lowest BCUT2D eigenvalue weighted by Gasteiger charge is -2.12. The van der Waals surface area contributed by atoms with E-state index in [0.29, 0.717) is 39.4 Å². The van der Waals surface area contributed by atoms with Gasteiger partial charge in [-0.05, 0) is 126 Å². The van der Waals surface area contributed by atoms with Gasteiger partial charge >= 0.3 is 0 Å². The fraction of sp³-hybridized carbons (Fsp3) is 0.0349. The van der Waals surface area contributed by atoms with Gasteiger partial charge in [0.25, 0.3) is 40.1 Å². The summed E-state index contributed by atoms with van der Waals surface area (Å²) in [5.41, 5.74) is 15.5. The van der Waals surface area contributed by atoms with Gasteiger partial charge in [0.05, 0.1) is 64.6 Å². The van der Waals surface area contributed by atoms with E-state index in [-0.39, 0.29) is 19.6 Å². The number of nitrogens with zero attached hydrogens (tertiary/aromatic N) is 13. The molecule has 0 aliphatic heterocycles. The highest BCUT2D eigenvalue weighted by molar-refractivity contribution is 7.91. The summed E-state index contributed by atoms with van der Waals surface area (Å²) in [6, 6.07) is 61.3. The number of oxazole rings is 1. The molecular weight excluding hydrogens is 1630 g/mol. The molecule has 0 radical (unpaired) electrons. The van der Waals surface area contributed by atoms with Gasteiger partial charge in [-0.15, -0.1) is 45.3 Å². The number of anilines is 1. The minimum atomic E-state index is -3.82. The number of pyridine rings is 4. The Hall–Kier alpha value is -13.1. The highest BCUT2D eigenvalue weighted by Gasteiger charge is 2.29. The summed E-state index contributed by atoms with van der Waals surface area (Å²) in [6.45, 7) is 0. The largest absolute Gasteiger partial charge is 0.472 e. The molecule has 20 aromatic rings. The summed E-state index contributed by atoms with van der Waals surface area (Å²) < 4.78 is 124. The minimum Gasteiger partial charge on any atom is -0.472 e. The first-order chi connectivity index (χ1) is 56.8. The van der Waals surface area contributed by atoms with Crippen molar-refractivity contribution in [1.82, 2.24) is 55.3 Å². The van der Waals surface area contributed by atoms with Crippen LogP contribution < -0.4 is 4.90 Å². The summed E-state index contributed by atoms with van der Waals surface area (Å²) >= 11 is 6.15. The first-order valence-corrected chi connectivity index (χ1v) is 45.0. The molecule has 31 heteroatoms. The Morgan fingerprint density at radius 1 is 0.350 bits per heavy atom. The summed E-state index contributed by atoms with van der Waals surface area (Å²) in [7, 11) is -9.21. The first kappa shape index (κ1) is 76.5. The number of hydrogen-bond donors (Lipinski definition) is 0. The third kappa shape index (κ3) is 15.0. The molecule has 0 aliphatic carbocycles. The Labute approximate surface area is 687 Å². The molecule has 0 fully saturated rings. The molecule has 0 atom stereocenters. The van der Waals surface area contributed by atoms with Crippen LogP contribution in [0.1, 0.15) is 0 Å². The SMILES string of the molecule is CN(C)c1ccc(-c2cnc3c(c2)c(-c2cncs2)cn3S(=O)(=O)c2ccccc2)cc1.Cn1ccc(-c2cnc3c(c2)c(-c2ccoc2)cn3S(=O)(=O)c2ccccc2)c1.O=S(=O)(c1ccccc1)n1cc(-c2cncs2)c2cc(-c3cccs3)cnc21.O=S(=O)(c1ccccc1)n1cc(-c2ncco2)c2cc(-c3cccs3)cnc21. The van der Waals surface area contributed by atoms with E-state index in [9.17, 15) is 33.7 Å². The van der Waals surface area contributed by atoms with Crippen LogP contribution in [0.25, 0.3) is 131 Å². The number of rotatable bonds is 17. The summed E-state index contributed by atoms with van der Waals surface area (Å²) in [6.07, 6.45) is 26.9. The first-order valence-electron chi connectivity index (χ1n) is 35.7. The molecule has 0 spiro atoms. The number of thiophene rings is 2. The van der Waals surface area contributed by atoms with E-state index in [2.05, 4.69) is 47.0 Å².